The summed E-state index contributed by atoms with van der Waals surface area (Å²) >= 11 is 0. The summed E-state index contributed by atoms with van der Waals surface area (Å²) in [6.07, 6.45) is 4.95. The molecule has 112 valence electrons. The van der Waals surface area contributed by atoms with Gasteiger partial charge in [-0.15, -0.1) is 0 Å². The Morgan fingerprint density at radius 3 is 2.57 bits per heavy atom. The highest BCUT2D eigenvalue weighted by Gasteiger charge is 2.21. The fourth-order valence-corrected chi connectivity index (χ4v) is 2.51. The second-order valence-electron chi connectivity index (χ2n) is 6.46. The van der Waals surface area contributed by atoms with Crippen molar-refractivity contribution in [2.24, 2.45) is 0 Å². The number of carbonyl (C=O) groups is 1. The third-order valence-electron chi connectivity index (χ3n) is 3.65. The molecule has 0 aliphatic rings. The summed E-state index contributed by atoms with van der Waals surface area (Å²) < 4.78 is 1.89. The molecule has 0 atom stereocenters. The molecule has 0 radical (unpaired) electrons. The first-order chi connectivity index (χ1) is 9.97. The minimum absolute atomic E-state index is 0.0178. The van der Waals surface area contributed by atoms with Crippen molar-refractivity contribution in [1.29, 1.82) is 0 Å². The minimum Gasteiger partial charge on any atom is -0.298 e. The number of unbranched alkanes of at least 4 members (excludes halogenated alkanes) is 1. The number of aldehydes is 1. The molecule has 0 spiro atoms. The second-order valence-corrected chi connectivity index (χ2v) is 6.46. The van der Waals surface area contributed by atoms with E-state index >= 15 is 0 Å². The van der Waals surface area contributed by atoms with Crippen molar-refractivity contribution < 1.29 is 4.79 Å². The smallest absolute Gasteiger partial charge is 0.153 e. The van der Waals surface area contributed by atoms with Crippen LogP contribution in [-0.4, -0.2) is 16.1 Å². The van der Waals surface area contributed by atoms with Crippen LogP contribution in [0, 0.1) is 0 Å². The standard InChI is InChI=1S/C18H24N2O/c1-5-6-11-20-12-14(13-21)17(19-20)15-9-7-8-10-16(15)18(2,3)4/h7-10,12-13H,5-6,11H2,1-4H3. The molecule has 2 aromatic rings. The lowest BCUT2D eigenvalue weighted by atomic mass is 9.82. The van der Waals surface area contributed by atoms with Gasteiger partial charge in [-0.25, -0.2) is 0 Å². The molecule has 0 bridgehead atoms. The van der Waals surface area contributed by atoms with E-state index in [1.54, 1.807) is 0 Å². The summed E-state index contributed by atoms with van der Waals surface area (Å²) in [7, 11) is 0. The van der Waals surface area contributed by atoms with Gasteiger partial charge in [-0.2, -0.15) is 5.10 Å². The number of aryl methyl sites for hydroxylation is 1. The summed E-state index contributed by atoms with van der Waals surface area (Å²) in [6, 6.07) is 8.22. The Hall–Kier alpha value is -1.90. The van der Waals surface area contributed by atoms with Gasteiger partial charge in [0.1, 0.15) is 5.69 Å². The highest BCUT2D eigenvalue weighted by molar-refractivity contribution is 5.86. The molecule has 0 aliphatic heterocycles. The van der Waals surface area contributed by atoms with Crippen molar-refractivity contribution >= 4 is 6.29 Å². The van der Waals surface area contributed by atoms with Crippen LogP contribution in [-0.2, 0) is 12.0 Å². The molecular formula is C18H24N2O. The molecule has 0 fully saturated rings. The summed E-state index contributed by atoms with van der Waals surface area (Å²) in [4.78, 5) is 11.4. The minimum atomic E-state index is 0.0178. The topological polar surface area (TPSA) is 34.9 Å². The summed E-state index contributed by atoms with van der Waals surface area (Å²) in [6.45, 7) is 9.55. The van der Waals surface area contributed by atoms with Crippen LogP contribution in [0.25, 0.3) is 11.3 Å². The lowest BCUT2D eigenvalue weighted by molar-refractivity contribution is 0.112. The van der Waals surface area contributed by atoms with Gasteiger partial charge in [-0.3, -0.25) is 9.48 Å². The molecule has 3 nitrogen and oxygen atoms in total. The Balaban J connectivity index is 2.51. The molecular weight excluding hydrogens is 260 g/mol. The Bertz CT molecular complexity index is 620. The summed E-state index contributed by atoms with van der Waals surface area (Å²) in [5, 5.41) is 4.65. The van der Waals surface area contributed by atoms with E-state index in [-0.39, 0.29) is 5.41 Å². The Kier molecular flexibility index (Phi) is 4.61. The zero-order valence-corrected chi connectivity index (χ0v) is 13.4. The lowest BCUT2D eigenvalue weighted by Gasteiger charge is -2.22. The van der Waals surface area contributed by atoms with Crippen molar-refractivity contribution in [2.45, 2.75) is 52.5 Å². The van der Waals surface area contributed by atoms with E-state index in [1.807, 2.05) is 23.0 Å². The SMILES string of the molecule is CCCCn1cc(C=O)c(-c2ccccc2C(C)(C)C)n1. The first kappa shape index (κ1) is 15.5. The van der Waals surface area contributed by atoms with E-state index in [0.29, 0.717) is 5.56 Å². The van der Waals surface area contributed by atoms with Gasteiger partial charge in [0.15, 0.2) is 6.29 Å². The van der Waals surface area contributed by atoms with Gasteiger partial charge in [-0.1, -0.05) is 58.4 Å². The molecule has 1 aromatic carbocycles. The maximum Gasteiger partial charge on any atom is 0.153 e. The largest absolute Gasteiger partial charge is 0.298 e. The van der Waals surface area contributed by atoms with Crippen LogP contribution < -0.4 is 0 Å². The van der Waals surface area contributed by atoms with Crippen LogP contribution in [0.1, 0.15) is 56.5 Å². The van der Waals surface area contributed by atoms with Crippen molar-refractivity contribution in [1.82, 2.24) is 9.78 Å². The fraction of sp³-hybridized carbons (Fsp3) is 0.444. The third kappa shape index (κ3) is 3.41. The number of benzene rings is 1. The molecule has 0 saturated carbocycles. The van der Waals surface area contributed by atoms with Gasteiger partial charge in [-0.05, 0) is 17.4 Å². The average molecular weight is 284 g/mol. The van der Waals surface area contributed by atoms with Crippen molar-refractivity contribution in [2.75, 3.05) is 0 Å². The van der Waals surface area contributed by atoms with Crippen LogP contribution in [0.2, 0.25) is 0 Å². The van der Waals surface area contributed by atoms with Crippen LogP contribution >= 0.6 is 0 Å². The van der Waals surface area contributed by atoms with E-state index in [2.05, 4.69) is 44.9 Å². The summed E-state index contributed by atoms with van der Waals surface area (Å²) in [5.41, 5.74) is 3.76. The molecule has 3 heteroatoms. The fourth-order valence-electron chi connectivity index (χ4n) is 2.51. The van der Waals surface area contributed by atoms with Gasteiger partial charge in [0.25, 0.3) is 0 Å². The summed E-state index contributed by atoms with van der Waals surface area (Å²) in [5.74, 6) is 0. The van der Waals surface area contributed by atoms with Crippen molar-refractivity contribution in [3.8, 4) is 11.3 Å². The van der Waals surface area contributed by atoms with E-state index in [9.17, 15) is 4.79 Å². The highest BCUT2D eigenvalue weighted by Crippen LogP contribution is 2.33. The lowest BCUT2D eigenvalue weighted by Crippen LogP contribution is -2.13. The molecule has 0 amide bonds. The van der Waals surface area contributed by atoms with Crippen molar-refractivity contribution in [3.63, 3.8) is 0 Å². The van der Waals surface area contributed by atoms with Gasteiger partial charge < -0.3 is 0 Å². The number of hydrogen-bond donors (Lipinski definition) is 0. The van der Waals surface area contributed by atoms with Crippen LogP contribution in [0.15, 0.2) is 30.5 Å². The van der Waals surface area contributed by atoms with Gasteiger partial charge in [0.2, 0.25) is 0 Å². The molecule has 0 N–H and O–H groups in total. The molecule has 1 heterocycles. The van der Waals surface area contributed by atoms with Gasteiger partial charge >= 0.3 is 0 Å². The van der Waals surface area contributed by atoms with Crippen LogP contribution in [0.4, 0.5) is 0 Å². The molecule has 0 aliphatic carbocycles. The Labute approximate surface area is 127 Å². The normalized spacial score (nSPS) is 11.6. The number of aromatic nitrogens is 2. The maximum atomic E-state index is 11.4. The van der Waals surface area contributed by atoms with E-state index < -0.39 is 0 Å². The zero-order chi connectivity index (χ0) is 15.5. The number of nitrogens with zero attached hydrogens (tertiary/aromatic N) is 2. The van der Waals surface area contributed by atoms with Gasteiger partial charge in [0.05, 0.1) is 5.56 Å². The molecule has 1 aromatic heterocycles. The zero-order valence-electron chi connectivity index (χ0n) is 13.4. The van der Waals surface area contributed by atoms with Gasteiger partial charge in [0, 0.05) is 18.3 Å². The van der Waals surface area contributed by atoms with Crippen LogP contribution in [0.3, 0.4) is 0 Å². The van der Waals surface area contributed by atoms with E-state index in [1.165, 1.54) is 5.56 Å². The number of rotatable bonds is 5. The highest BCUT2D eigenvalue weighted by atomic mass is 16.1. The Morgan fingerprint density at radius 2 is 1.95 bits per heavy atom. The monoisotopic (exact) mass is 284 g/mol. The maximum absolute atomic E-state index is 11.4. The molecule has 0 unspecified atom stereocenters. The van der Waals surface area contributed by atoms with Crippen LogP contribution in [0.5, 0.6) is 0 Å². The molecule has 21 heavy (non-hydrogen) atoms. The van der Waals surface area contributed by atoms with E-state index in [0.717, 1.165) is 36.9 Å². The number of hydrogen-bond acceptors (Lipinski definition) is 2. The number of carbonyl (C=O) groups excluding carboxylic acids is 1. The quantitative estimate of drug-likeness (QED) is 0.760. The Morgan fingerprint density at radius 1 is 1.24 bits per heavy atom. The predicted octanol–water partition coefficient (Wildman–Crippen LogP) is 4.46. The van der Waals surface area contributed by atoms with Crippen molar-refractivity contribution in [3.05, 3.63) is 41.6 Å². The first-order valence-electron chi connectivity index (χ1n) is 7.60. The molecule has 0 saturated heterocycles. The third-order valence-corrected chi connectivity index (χ3v) is 3.65. The molecule has 2 rings (SSSR count). The second kappa shape index (κ2) is 6.25. The first-order valence-corrected chi connectivity index (χ1v) is 7.60. The van der Waals surface area contributed by atoms with E-state index in [4.69, 9.17) is 0 Å². The predicted molar refractivity (Wildman–Crippen MR) is 86.7 cm³/mol. The average Bonchev–Trinajstić information content (AvgIpc) is 2.87.